The van der Waals surface area contributed by atoms with Gasteiger partial charge in [0.15, 0.2) is 0 Å². The minimum Gasteiger partial charge on any atom is -0.276 e. The van der Waals surface area contributed by atoms with Crippen molar-refractivity contribution >= 4 is 17.0 Å². The van der Waals surface area contributed by atoms with Crippen LogP contribution in [-0.4, -0.2) is 9.38 Å². The van der Waals surface area contributed by atoms with Gasteiger partial charge in [0.1, 0.15) is 11.3 Å². The summed E-state index contributed by atoms with van der Waals surface area (Å²) in [5.41, 5.74) is 1.06. The highest BCUT2D eigenvalue weighted by atomic mass is 32.1. The largest absolute Gasteiger partial charge is 0.276 e. The van der Waals surface area contributed by atoms with Gasteiger partial charge in [-0.3, -0.25) is 4.40 Å². The molecule has 15 heavy (non-hydrogen) atoms. The molecule has 0 saturated heterocycles. The molecule has 74 valence electrons. The third-order valence-corrected chi connectivity index (χ3v) is 3.10. The Bertz CT molecular complexity index is 598. The van der Waals surface area contributed by atoms with E-state index in [0.717, 1.165) is 4.88 Å². The second-order valence-electron chi connectivity index (χ2n) is 3.16. The molecule has 0 saturated carbocycles. The molecule has 0 bridgehead atoms. The van der Waals surface area contributed by atoms with E-state index in [1.807, 2.05) is 23.6 Å². The average molecular weight is 218 g/mol. The molecule has 3 aromatic rings. The molecule has 3 aromatic heterocycles. The maximum atomic E-state index is 13.9. The Labute approximate surface area is 89.6 Å². The number of rotatable bonds is 1. The number of fused-ring (bicyclic) bond motifs is 1. The van der Waals surface area contributed by atoms with Crippen molar-refractivity contribution in [3.8, 4) is 10.6 Å². The summed E-state index contributed by atoms with van der Waals surface area (Å²) in [6.45, 7) is 0. The molecule has 0 fully saturated rings. The normalized spacial score (nSPS) is 11.0. The first-order valence-electron chi connectivity index (χ1n) is 4.53. The highest BCUT2D eigenvalue weighted by Crippen LogP contribution is 2.26. The van der Waals surface area contributed by atoms with Crippen LogP contribution >= 0.6 is 11.3 Å². The predicted octanol–water partition coefficient (Wildman–Crippen LogP) is 3.20. The fraction of sp³-hybridized carbons (Fsp3) is 0. The van der Waals surface area contributed by atoms with Gasteiger partial charge in [0, 0.05) is 6.20 Å². The van der Waals surface area contributed by atoms with Crippen LogP contribution in [0.3, 0.4) is 0 Å². The second-order valence-corrected chi connectivity index (χ2v) is 4.11. The van der Waals surface area contributed by atoms with Crippen LogP contribution in [0, 0.1) is 5.95 Å². The molecule has 0 amide bonds. The minimum absolute atomic E-state index is 0.298. The molecule has 0 atom stereocenters. The van der Waals surface area contributed by atoms with Gasteiger partial charge in [0.05, 0.1) is 4.88 Å². The topological polar surface area (TPSA) is 17.3 Å². The van der Waals surface area contributed by atoms with Crippen LogP contribution in [0.5, 0.6) is 0 Å². The van der Waals surface area contributed by atoms with Crippen LogP contribution in [0.25, 0.3) is 16.2 Å². The molecule has 3 heterocycles. The number of nitrogens with zero attached hydrogens (tertiary/aromatic N) is 2. The van der Waals surface area contributed by atoms with E-state index >= 15 is 0 Å². The van der Waals surface area contributed by atoms with Gasteiger partial charge in [0.25, 0.3) is 0 Å². The summed E-state index contributed by atoms with van der Waals surface area (Å²) in [6.07, 6.45) is 1.68. The summed E-state index contributed by atoms with van der Waals surface area (Å²) in [5.74, 6) is -0.298. The highest BCUT2D eigenvalue weighted by Gasteiger charge is 2.13. The van der Waals surface area contributed by atoms with Crippen molar-refractivity contribution in [2.24, 2.45) is 0 Å². The smallest absolute Gasteiger partial charge is 0.226 e. The lowest BCUT2D eigenvalue weighted by molar-refractivity contribution is 0.577. The molecule has 0 aliphatic carbocycles. The van der Waals surface area contributed by atoms with Gasteiger partial charge in [-0.2, -0.15) is 4.39 Å². The quantitative estimate of drug-likeness (QED) is 0.613. The van der Waals surface area contributed by atoms with Crippen molar-refractivity contribution in [1.82, 2.24) is 9.38 Å². The number of hydrogen-bond acceptors (Lipinski definition) is 2. The van der Waals surface area contributed by atoms with Gasteiger partial charge in [0.2, 0.25) is 5.95 Å². The first kappa shape index (κ1) is 8.61. The molecule has 0 radical (unpaired) electrons. The van der Waals surface area contributed by atoms with Gasteiger partial charge < -0.3 is 0 Å². The Morgan fingerprint density at radius 1 is 1.20 bits per heavy atom. The molecule has 0 aliphatic rings. The number of pyridine rings is 1. The molecule has 3 rings (SSSR count). The van der Waals surface area contributed by atoms with Gasteiger partial charge >= 0.3 is 0 Å². The molecule has 2 nitrogen and oxygen atoms in total. The molecule has 0 unspecified atom stereocenters. The Balaban J connectivity index is 2.33. The van der Waals surface area contributed by atoms with Crippen molar-refractivity contribution in [2.45, 2.75) is 0 Å². The molecule has 0 N–H and O–H groups in total. The molecule has 0 aliphatic heterocycles. The van der Waals surface area contributed by atoms with Crippen LogP contribution in [0.15, 0.2) is 41.9 Å². The zero-order chi connectivity index (χ0) is 10.3. The fourth-order valence-corrected chi connectivity index (χ4v) is 2.24. The maximum Gasteiger partial charge on any atom is 0.226 e. The predicted molar refractivity (Wildman–Crippen MR) is 58.5 cm³/mol. The van der Waals surface area contributed by atoms with Crippen molar-refractivity contribution in [2.75, 3.05) is 0 Å². The lowest BCUT2D eigenvalue weighted by atomic mass is 10.4. The van der Waals surface area contributed by atoms with Crippen molar-refractivity contribution in [3.63, 3.8) is 0 Å². The standard InChI is InChI=1S/C11H7FN2S/c12-11-10(8-4-3-7-15-8)13-9-5-1-2-6-14(9)11/h1-7H. The van der Waals surface area contributed by atoms with Crippen LogP contribution < -0.4 is 0 Å². The summed E-state index contributed by atoms with van der Waals surface area (Å²) < 4.78 is 15.4. The third-order valence-electron chi connectivity index (χ3n) is 2.23. The van der Waals surface area contributed by atoms with Gasteiger partial charge in [-0.05, 0) is 23.6 Å². The Kier molecular flexibility index (Phi) is 1.82. The Morgan fingerprint density at radius 3 is 2.87 bits per heavy atom. The average Bonchev–Trinajstić information content (AvgIpc) is 2.87. The number of halogens is 1. The van der Waals surface area contributed by atoms with Crippen LogP contribution in [-0.2, 0) is 0 Å². The Hall–Kier alpha value is -1.68. The summed E-state index contributed by atoms with van der Waals surface area (Å²) in [6, 6.07) is 9.19. The van der Waals surface area contributed by atoms with E-state index < -0.39 is 0 Å². The van der Waals surface area contributed by atoms with Crippen LogP contribution in [0.1, 0.15) is 0 Å². The number of imidazole rings is 1. The number of aromatic nitrogens is 2. The molecule has 4 heteroatoms. The van der Waals surface area contributed by atoms with E-state index in [2.05, 4.69) is 4.98 Å². The van der Waals surface area contributed by atoms with Crippen molar-refractivity contribution < 1.29 is 4.39 Å². The lowest BCUT2D eigenvalue weighted by Crippen LogP contribution is -1.86. The van der Waals surface area contributed by atoms with E-state index in [1.165, 1.54) is 15.7 Å². The van der Waals surface area contributed by atoms with Crippen molar-refractivity contribution in [3.05, 3.63) is 47.9 Å². The van der Waals surface area contributed by atoms with E-state index in [9.17, 15) is 4.39 Å². The first-order chi connectivity index (χ1) is 7.36. The van der Waals surface area contributed by atoms with Gasteiger partial charge in [-0.25, -0.2) is 4.98 Å². The summed E-state index contributed by atoms with van der Waals surface area (Å²) in [5, 5.41) is 1.92. The lowest BCUT2D eigenvalue weighted by Gasteiger charge is -1.91. The molecule has 0 spiro atoms. The SMILES string of the molecule is Fc1c(-c2cccs2)nc2ccccn12. The molecule has 0 aromatic carbocycles. The van der Waals surface area contributed by atoms with E-state index in [4.69, 9.17) is 0 Å². The third kappa shape index (κ3) is 1.26. The number of hydrogen-bond donors (Lipinski definition) is 0. The summed E-state index contributed by atoms with van der Waals surface area (Å²) in [4.78, 5) is 5.11. The summed E-state index contributed by atoms with van der Waals surface area (Å²) in [7, 11) is 0. The number of thiophene rings is 1. The zero-order valence-electron chi connectivity index (χ0n) is 7.72. The van der Waals surface area contributed by atoms with Crippen LogP contribution in [0.2, 0.25) is 0 Å². The summed E-state index contributed by atoms with van der Waals surface area (Å²) >= 11 is 1.49. The fourth-order valence-electron chi connectivity index (χ4n) is 1.54. The Morgan fingerprint density at radius 2 is 2.13 bits per heavy atom. The van der Waals surface area contributed by atoms with Gasteiger partial charge in [-0.1, -0.05) is 12.1 Å². The van der Waals surface area contributed by atoms with E-state index in [1.54, 1.807) is 18.3 Å². The van der Waals surface area contributed by atoms with Crippen LogP contribution in [0.4, 0.5) is 4.39 Å². The monoisotopic (exact) mass is 218 g/mol. The van der Waals surface area contributed by atoms with E-state index in [0.29, 0.717) is 11.3 Å². The first-order valence-corrected chi connectivity index (χ1v) is 5.41. The van der Waals surface area contributed by atoms with E-state index in [-0.39, 0.29) is 5.95 Å². The molecular weight excluding hydrogens is 211 g/mol. The van der Waals surface area contributed by atoms with Crippen molar-refractivity contribution in [1.29, 1.82) is 0 Å². The second kappa shape index (κ2) is 3.17. The minimum atomic E-state index is -0.298. The molecular formula is C11H7FN2S. The maximum absolute atomic E-state index is 13.9. The zero-order valence-corrected chi connectivity index (χ0v) is 8.54. The highest BCUT2D eigenvalue weighted by molar-refractivity contribution is 7.13. The van der Waals surface area contributed by atoms with Gasteiger partial charge in [-0.15, -0.1) is 11.3 Å².